The Balaban J connectivity index is 3.09. The highest BCUT2D eigenvalue weighted by Crippen LogP contribution is 1.93. The van der Waals surface area contributed by atoms with Crippen LogP contribution in [0, 0.1) is 0 Å². The first-order chi connectivity index (χ1) is 7.81. The molecule has 0 aliphatic carbocycles. The largest absolute Gasteiger partial charge is 0.396 e. The second-order valence-corrected chi connectivity index (χ2v) is 3.18. The minimum atomic E-state index is -0.301. The van der Waals surface area contributed by atoms with E-state index in [1.165, 1.54) is 0 Å². The molecule has 0 unspecified atom stereocenters. The molecule has 0 fully saturated rings. The monoisotopic (exact) mass is 235 g/mol. The predicted molar refractivity (Wildman–Crippen MR) is 57.8 cm³/mol. The number of aliphatic hydroxyl groups excluding tert-OH is 2. The number of carbonyl (C=O) groups excluding carboxylic acids is 1. The van der Waals surface area contributed by atoms with Gasteiger partial charge in [-0.1, -0.05) is 0 Å². The van der Waals surface area contributed by atoms with Crippen molar-refractivity contribution in [2.24, 2.45) is 0 Å². The van der Waals surface area contributed by atoms with Gasteiger partial charge in [0.05, 0.1) is 19.8 Å². The average Bonchev–Trinajstić information content (AvgIpc) is 2.28. The minimum Gasteiger partial charge on any atom is -0.396 e. The van der Waals surface area contributed by atoms with E-state index in [4.69, 9.17) is 14.9 Å². The van der Waals surface area contributed by atoms with Crippen LogP contribution in [0.15, 0.2) is 0 Å². The van der Waals surface area contributed by atoms with Gasteiger partial charge in [-0.05, 0) is 12.8 Å². The van der Waals surface area contributed by atoms with E-state index in [1.807, 2.05) is 0 Å². The number of ether oxygens (including phenoxy) is 2. The topological polar surface area (TPSA) is 88.0 Å². The van der Waals surface area contributed by atoms with Crippen LogP contribution >= 0.6 is 0 Å². The van der Waals surface area contributed by atoms with Crippen LogP contribution in [0.25, 0.3) is 0 Å². The summed E-state index contributed by atoms with van der Waals surface area (Å²) in [6.45, 7) is 1.48. The summed E-state index contributed by atoms with van der Waals surface area (Å²) < 4.78 is 9.77. The fourth-order valence-electron chi connectivity index (χ4n) is 1.03. The lowest BCUT2D eigenvalue weighted by Crippen LogP contribution is -2.27. The van der Waals surface area contributed by atoms with Crippen LogP contribution in [-0.4, -0.2) is 55.9 Å². The third-order valence-corrected chi connectivity index (χ3v) is 1.84. The summed E-state index contributed by atoms with van der Waals surface area (Å²) in [7, 11) is 0. The van der Waals surface area contributed by atoms with Gasteiger partial charge in [-0.15, -0.1) is 0 Å². The van der Waals surface area contributed by atoms with E-state index >= 15 is 0 Å². The van der Waals surface area contributed by atoms with E-state index in [1.54, 1.807) is 0 Å². The molecule has 6 heteroatoms. The van der Waals surface area contributed by atoms with Crippen molar-refractivity contribution in [2.45, 2.75) is 19.3 Å². The Bertz CT molecular complexity index is 165. The van der Waals surface area contributed by atoms with Crippen LogP contribution in [0.1, 0.15) is 19.3 Å². The van der Waals surface area contributed by atoms with Crippen molar-refractivity contribution in [1.29, 1.82) is 0 Å². The molecule has 1 amide bonds. The molecule has 0 aromatic carbocycles. The number of aliphatic hydroxyl groups is 2. The molecule has 0 aliphatic rings. The fraction of sp³-hybridized carbons (Fsp3) is 0.900. The van der Waals surface area contributed by atoms with E-state index in [2.05, 4.69) is 10.1 Å². The second kappa shape index (κ2) is 12.4. The molecule has 96 valence electrons. The number of carbonyl (C=O) groups is 1. The molecule has 0 aromatic rings. The van der Waals surface area contributed by atoms with Crippen LogP contribution < -0.4 is 5.32 Å². The van der Waals surface area contributed by atoms with Gasteiger partial charge in [0.15, 0.2) is 0 Å². The molecule has 0 aromatic heterocycles. The smallest absolute Gasteiger partial charge is 0.220 e. The Hall–Kier alpha value is -0.690. The Morgan fingerprint density at radius 3 is 2.50 bits per heavy atom. The molecule has 0 rings (SSSR count). The maximum absolute atomic E-state index is 11.1. The van der Waals surface area contributed by atoms with Crippen molar-refractivity contribution in [2.75, 3.05) is 39.8 Å². The summed E-state index contributed by atoms with van der Waals surface area (Å²) in [5.74, 6) is -0.0244. The standard InChI is InChI=1S/C10H21NO5/c12-5-2-1-3-10(14)11-4-6-15-7-8-16-9-13/h12-13H,1-9H2,(H,11,14). The van der Waals surface area contributed by atoms with Gasteiger partial charge in [-0.25, -0.2) is 0 Å². The lowest BCUT2D eigenvalue weighted by molar-refractivity contribution is -0.121. The van der Waals surface area contributed by atoms with Gasteiger partial charge in [0, 0.05) is 19.6 Å². The molecule has 0 saturated carbocycles. The van der Waals surface area contributed by atoms with Gasteiger partial charge in [-0.3, -0.25) is 4.79 Å². The molecular weight excluding hydrogens is 214 g/mol. The van der Waals surface area contributed by atoms with Crippen LogP contribution in [0.4, 0.5) is 0 Å². The predicted octanol–water partition coefficient (Wildman–Crippen LogP) is -0.752. The average molecular weight is 235 g/mol. The number of unbranched alkanes of at least 4 members (excludes halogenated alkanes) is 1. The van der Waals surface area contributed by atoms with E-state index in [0.717, 1.165) is 0 Å². The van der Waals surface area contributed by atoms with Gasteiger partial charge < -0.3 is 25.0 Å². The molecular formula is C10H21NO5. The number of hydrogen-bond donors (Lipinski definition) is 3. The van der Waals surface area contributed by atoms with Crippen LogP contribution in [0.5, 0.6) is 0 Å². The molecule has 0 spiro atoms. The quantitative estimate of drug-likeness (QED) is 0.324. The first kappa shape index (κ1) is 15.3. The maximum Gasteiger partial charge on any atom is 0.220 e. The Labute approximate surface area is 95.6 Å². The minimum absolute atomic E-state index is 0.0244. The first-order valence-corrected chi connectivity index (χ1v) is 5.45. The number of amides is 1. The normalized spacial score (nSPS) is 10.4. The van der Waals surface area contributed by atoms with E-state index in [9.17, 15) is 4.79 Å². The van der Waals surface area contributed by atoms with Gasteiger partial charge >= 0.3 is 0 Å². The molecule has 0 atom stereocenters. The van der Waals surface area contributed by atoms with Crippen LogP contribution in [-0.2, 0) is 14.3 Å². The highest BCUT2D eigenvalue weighted by molar-refractivity contribution is 5.75. The molecule has 0 saturated heterocycles. The maximum atomic E-state index is 11.1. The second-order valence-electron chi connectivity index (χ2n) is 3.18. The zero-order valence-electron chi connectivity index (χ0n) is 9.48. The van der Waals surface area contributed by atoms with E-state index in [0.29, 0.717) is 45.6 Å². The van der Waals surface area contributed by atoms with Crippen molar-refractivity contribution in [3.63, 3.8) is 0 Å². The molecule has 0 aliphatic heterocycles. The summed E-state index contributed by atoms with van der Waals surface area (Å²) >= 11 is 0. The summed E-state index contributed by atoms with van der Waals surface area (Å²) in [5.41, 5.74) is 0. The van der Waals surface area contributed by atoms with Crippen molar-refractivity contribution in [3.8, 4) is 0 Å². The van der Waals surface area contributed by atoms with Crippen LogP contribution in [0.2, 0.25) is 0 Å². The first-order valence-electron chi connectivity index (χ1n) is 5.45. The highest BCUT2D eigenvalue weighted by Gasteiger charge is 1.99. The molecule has 6 nitrogen and oxygen atoms in total. The zero-order valence-corrected chi connectivity index (χ0v) is 9.48. The molecule has 3 N–H and O–H groups in total. The number of hydrogen-bond acceptors (Lipinski definition) is 5. The third-order valence-electron chi connectivity index (χ3n) is 1.84. The fourth-order valence-corrected chi connectivity index (χ4v) is 1.03. The Morgan fingerprint density at radius 2 is 1.81 bits per heavy atom. The third kappa shape index (κ3) is 11.4. The van der Waals surface area contributed by atoms with E-state index in [-0.39, 0.29) is 19.3 Å². The SMILES string of the molecule is O=C(CCCCO)NCCOCCOCO. The Kier molecular flexibility index (Phi) is 11.8. The van der Waals surface area contributed by atoms with Crippen molar-refractivity contribution in [3.05, 3.63) is 0 Å². The summed E-state index contributed by atoms with van der Waals surface area (Å²) in [5, 5.41) is 19.5. The molecule has 16 heavy (non-hydrogen) atoms. The highest BCUT2D eigenvalue weighted by atomic mass is 16.6. The van der Waals surface area contributed by atoms with Crippen molar-refractivity contribution in [1.82, 2.24) is 5.32 Å². The van der Waals surface area contributed by atoms with Gasteiger partial charge in [-0.2, -0.15) is 0 Å². The van der Waals surface area contributed by atoms with Crippen molar-refractivity contribution >= 4 is 5.91 Å². The number of nitrogens with one attached hydrogen (secondary N) is 1. The summed E-state index contributed by atoms with van der Waals surface area (Å²) in [6.07, 6.45) is 1.80. The van der Waals surface area contributed by atoms with Crippen LogP contribution in [0.3, 0.4) is 0 Å². The summed E-state index contributed by atoms with van der Waals surface area (Å²) in [4.78, 5) is 11.1. The lowest BCUT2D eigenvalue weighted by atomic mass is 10.2. The molecule has 0 heterocycles. The molecule has 0 radical (unpaired) electrons. The van der Waals surface area contributed by atoms with Gasteiger partial charge in [0.2, 0.25) is 5.91 Å². The Morgan fingerprint density at radius 1 is 1.06 bits per heavy atom. The van der Waals surface area contributed by atoms with E-state index < -0.39 is 0 Å². The molecule has 0 bridgehead atoms. The number of rotatable bonds is 11. The van der Waals surface area contributed by atoms with Crippen molar-refractivity contribution < 1.29 is 24.5 Å². The van der Waals surface area contributed by atoms with Gasteiger partial charge in [0.1, 0.15) is 6.79 Å². The lowest BCUT2D eigenvalue weighted by Gasteiger charge is -2.06. The zero-order chi connectivity index (χ0) is 12.1. The summed E-state index contributed by atoms with van der Waals surface area (Å²) in [6, 6.07) is 0. The van der Waals surface area contributed by atoms with Gasteiger partial charge in [0.25, 0.3) is 0 Å².